The molecule has 0 spiro atoms. The molecule has 4 nitrogen and oxygen atoms in total. The van der Waals surface area contributed by atoms with Gasteiger partial charge in [-0.2, -0.15) is 0 Å². The Morgan fingerprint density at radius 1 is 1.10 bits per heavy atom. The summed E-state index contributed by atoms with van der Waals surface area (Å²) in [6.07, 6.45) is 0.362. The Morgan fingerprint density at radius 3 is 2.57 bits per heavy atom. The molecule has 4 heteroatoms. The van der Waals surface area contributed by atoms with Crippen molar-refractivity contribution in [2.75, 3.05) is 0 Å². The van der Waals surface area contributed by atoms with E-state index in [0.717, 1.165) is 16.6 Å². The number of benzene rings is 2. The van der Waals surface area contributed by atoms with E-state index in [2.05, 4.69) is 0 Å². The minimum absolute atomic E-state index is 0.0924. The molecule has 2 aromatic carbocycles. The van der Waals surface area contributed by atoms with E-state index in [1.807, 2.05) is 42.5 Å². The second kappa shape index (κ2) is 5.40. The van der Waals surface area contributed by atoms with Crippen LogP contribution in [0.1, 0.15) is 18.1 Å². The van der Waals surface area contributed by atoms with Crippen LogP contribution in [0.4, 0.5) is 0 Å². The number of aromatic nitrogens is 1. The number of carbonyl (C=O) groups is 1. The Labute approximate surface area is 121 Å². The van der Waals surface area contributed by atoms with E-state index in [4.69, 9.17) is 4.42 Å². The molecule has 21 heavy (non-hydrogen) atoms. The Kier molecular flexibility index (Phi) is 3.44. The number of hydrogen-bond acceptors (Lipinski definition) is 3. The quantitative estimate of drug-likeness (QED) is 0.739. The number of hydrogen-bond donors (Lipinski definition) is 0. The lowest BCUT2D eigenvalue weighted by Gasteiger charge is -2.03. The SMILES string of the molecule is CC(=O)Cc1ccc2oc(=O)n(Cc3ccccc3)c2c1. The van der Waals surface area contributed by atoms with Crippen LogP contribution in [0.25, 0.3) is 11.1 Å². The van der Waals surface area contributed by atoms with E-state index < -0.39 is 0 Å². The van der Waals surface area contributed by atoms with Gasteiger partial charge in [-0.3, -0.25) is 9.36 Å². The number of ketones is 1. The van der Waals surface area contributed by atoms with Crippen LogP contribution in [-0.2, 0) is 17.8 Å². The smallest absolute Gasteiger partial charge is 0.408 e. The molecule has 0 saturated heterocycles. The van der Waals surface area contributed by atoms with Crippen molar-refractivity contribution in [3.8, 4) is 0 Å². The van der Waals surface area contributed by atoms with Crippen molar-refractivity contribution in [1.29, 1.82) is 0 Å². The van der Waals surface area contributed by atoms with Gasteiger partial charge in [0.25, 0.3) is 0 Å². The van der Waals surface area contributed by atoms with E-state index in [0.29, 0.717) is 18.5 Å². The minimum atomic E-state index is -0.381. The fraction of sp³-hybridized carbons (Fsp3) is 0.176. The first-order chi connectivity index (χ1) is 10.1. The van der Waals surface area contributed by atoms with Gasteiger partial charge in [0.15, 0.2) is 5.58 Å². The average Bonchev–Trinajstić information content (AvgIpc) is 2.76. The van der Waals surface area contributed by atoms with Crippen molar-refractivity contribution in [3.05, 3.63) is 70.2 Å². The van der Waals surface area contributed by atoms with Crippen molar-refractivity contribution >= 4 is 16.9 Å². The molecule has 0 amide bonds. The zero-order valence-corrected chi connectivity index (χ0v) is 11.7. The van der Waals surface area contributed by atoms with Crippen LogP contribution in [0.2, 0.25) is 0 Å². The van der Waals surface area contributed by atoms with Crippen LogP contribution in [0.5, 0.6) is 0 Å². The van der Waals surface area contributed by atoms with Gasteiger partial charge < -0.3 is 4.42 Å². The van der Waals surface area contributed by atoms with Crippen molar-refractivity contribution in [2.45, 2.75) is 19.9 Å². The molecule has 0 aliphatic rings. The van der Waals surface area contributed by atoms with E-state index in [-0.39, 0.29) is 11.5 Å². The highest BCUT2D eigenvalue weighted by Gasteiger charge is 2.11. The van der Waals surface area contributed by atoms with E-state index in [1.54, 1.807) is 17.6 Å². The summed E-state index contributed by atoms with van der Waals surface area (Å²) in [5.74, 6) is -0.288. The summed E-state index contributed by atoms with van der Waals surface area (Å²) in [5, 5.41) is 0. The summed E-state index contributed by atoms with van der Waals surface area (Å²) in [6, 6.07) is 15.1. The third kappa shape index (κ3) is 2.79. The van der Waals surface area contributed by atoms with Gasteiger partial charge in [0, 0.05) is 6.42 Å². The van der Waals surface area contributed by atoms with Gasteiger partial charge in [0.1, 0.15) is 5.78 Å². The summed E-state index contributed by atoms with van der Waals surface area (Å²) in [7, 11) is 0. The number of oxazole rings is 1. The number of carbonyl (C=O) groups excluding carboxylic acids is 1. The van der Waals surface area contributed by atoms with Crippen LogP contribution >= 0.6 is 0 Å². The fourth-order valence-electron chi connectivity index (χ4n) is 2.42. The van der Waals surface area contributed by atoms with Gasteiger partial charge in [-0.15, -0.1) is 0 Å². The predicted molar refractivity (Wildman–Crippen MR) is 80.4 cm³/mol. The average molecular weight is 281 g/mol. The summed E-state index contributed by atoms with van der Waals surface area (Å²) in [4.78, 5) is 23.2. The lowest BCUT2D eigenvalue weighted by atomic mass is 10.1. The maximum Gasteiger partial charge on any atom is 0.420 e. The number of fused-ring (bicyclic) bond motifs is 1. The van der Waals surface area contributed by atoms with Crippen molar-refractivity contribution < 1.29 is 9.21 Å². The monoisotopic (exact) mass is 281 g/mol. The molecule has 0 unspecified atom stereocenters. The Hall–Kier alpha value is -2.62. The summed E-state index contributed by atoms with van der Waals surface area (Å²) in [5.41, 5.74) is 3.18. The number of Topliss-reactive ketones (excluding diaryl/α,β-unsaturated/α-hetero) is 1. The van der Waals surface area contributed by atoms with Gasteiger partial charge in [0.05, 0.1) is 12.1 Å². The summed E-state index contributed by atoms with van der Waals surface area (Å²) in [6.45, 7) is 2.01. The van der Waals surface area contributed by atoms with Crippen molar-refractivity contribution in [1.82, 2.24) is 4.57 Å². The number of nitrogens with zero attached hydrogens (tertiary/aromatic N) is 1. The third-order valence-electron chi connectivity index (χ3n) is 3.37. The highest BCUT2D eigenvalue weighted by atomic mass is 16.4. The molecule has 0 aliphatic heterocycles. The summed E-state index contributed by atoms with van der Waals surface area (Å²) >= 11 is 0. The molecular formula is C17H15NO3. The molecule has 106 valence electrons. The molecule has 1 heterocycles. The van der Waals surface area contributed by atoms with E-state index in [9.17, 15) is 9.59 Å². The largest absolute Gasteiger partial charge is 0.420 e. The molecule has 3 aromatic rings. The molecule has 3 rings (SSSR count). The maximum absolute atomic E-state index is 12.0. The van der Waals surface area contributed by atoms with E-state index in [1.165, 1.54) is 0 Å². The van der Waals surface area contributed by atoms with E-state index >= 15 is 0 Å². The normalized spacial score (nSPS) is 10.9. The first kappa shape index (κ1) is 13.4. The van der Waals surface area contributed by atoms with Gasteiger partial charge >= 0.3 is 5.76 Å². The Balaban J connectivity index is 2.06. The van der Waals surface area contributed by atoms with Gasteiger partial charge in [0.2, 0.25) is 0 Å². The van der Waals surface area contributed by atoms with Crippen LogP contribution in [0.3, 0.4) is 0 Å². The van der Waals surface area contributed by atoms with Gasteiger partial charge in [-0.25, -0.2) is 4.79 Å². The second-order valence-corrected chi connectivity index (χ2v) is 5.12. The lowest BCUT2D eigenvalue weighted by molar-refractivity contribution is -0.116. The van der Waals surface area contributed by atoms with Crippen molar-refractivity contribution in [3.63, 3.8) is 0 Å². The maximum atomic E-state index is 12.0. The van der Waals surface area contributed by atoms with Crippen LogP contribution in [0, 0.1) is 0 Å². The van der Waals surface area contributed by atoms with Crippen LogP contribution in [-0.4, -0.2) is 10.4 Å². The zero-order valence-electron chi connectivity index (χ0n) is 11.7. The molecular weight excluding hydrogens is 266 g/mol. The molecule has 0 N–H and O–H groups in total. The zero-order chi connectivity index (χ0) is 14.8. The van der Waals surface area contributed by atoms with Crippen LogP contribution in [0.15, 0.2) is 57.7 Å². The first-order valence-corrected chi connectivity index (χ1v) is 6.79. The van der Waals surface area contributed by atoms with Gasteiger partial charge in [-0.05, 0) is 30.2 Å². The van der Waals surface area contributed by atoms with Gasteiger partial charge in [-0.1, -0.05) is 36.4 Å². The molecule has 0 fully saturated rings. The molecule has 0 bridgehead atoms. The minimum Gasteiger partial charge on any atom is -0.408 e. The topological polar surface area (TPSA) is 52.2 Å². The lowest BCUT2D eigenvalue weighted by Crippen LogP contribution is -2.14. The first-order valence-electron chi connectivity index (χ1n) is 6.79. The predicted octanol–water partition coefficient (Wildman–Crippen LogP) is 2.77. The molecule has 0 saturated carbocycles. The van der Waals surface area contributed by atoms with Crippen molar-refractivity contribution in [2.24, 2.45) is 0 Å². The standard InChI is InChI=1S/C17H15NO3/c1-12(19)9-14-7-8-16-15(10-14)18(17(20)21-16)11-13-5-3-2-4-6-13/h2-8,10H,9,11H2,1H3. The second-order valence-electron chi connectivity index (χ2n) is 5.12. The Bertz CT molecular complexity index is 843. The highest BCUT2D eigenvalue weighted by molar-refractivity contribution is 5.80. The summed E-state index contributed by atoms with van der Waals surface area (Å²) < 4.78 is 6.85. The molecule has 1 aromatic heterocycles. The number of rotatable bonds is 4. The Morgan fingerprint density at radius 2 is 1.86 bits per heavy atom. The molecule has 0 aliphatic carbocycles. The van der Waals surface area contributed by atoms with Crippen LogP contribution < -0.4 is 5.76 Å². The highest BCUT2D eigenvalue weighted by Crippen LogP contribution is 2.17. The molecule has 0 atom stereocenters. The third-order valence-corrected chi connectivity index (χ3v) is 3.37. The fourth-order valence-corrected chi connectivity index (χ4v) is 2.42. The molecule has 0 radical (unpaired) electrons.